The number of nitrogens with zero attached hydrogens (tertiary/aromatic N) is 1. The van der Waals surface area contributed by atoms with E-state index in [1.54, 1.807) is 0 Å². The van der Waals surface area contributed by atoms with Gasteiger partial charge in [-0.2, -0.15) is 0 Å². The van der Waals surface area contributed by atoms with Gasteiger partial charge in [-0.25, -0.2) is 0 Å². The Balaban J connectivity index is 1.64. The van der Waals surface area contributed by atoms with Crippen LogP contribution in [0.4, 0.5) is 0 Å². The second-order valence-corrected chi connectivity index (χ2v) is 5.86. The van der Waals surface area contributed by atoms with Gasteiger partial charge in [0.25, 0.3) is 0 Å². The molecule has 116 valence electrons. The van der Waals surface area contributed by atoms with Gasteiger partial charge in [-0.1, -0.05) is 12.8 Å². The highest BCUT2D eigenvalue weighted by atomic mass is 16.5. The van der Waals surface area contributed by atoms with Crippen LogP contribution in [0.3, 0.4) is 0 Å². The fourth-order valence-electron chi connectivity index (χ4n) is 2.29. The van der Waals surface area contributed by atoms with Crippen molar-refractivity contribution < 1.29 is 9.47 Å². The molecule has 2 atom stereocenters. The minimum absolute atomic E-state index is 0.259. The van der Waals surface area contributed by atoms with E-state index in [1.165, 1.54) is 19.3 Å². The Morgan fingerprint density at radius 1 is 1.40 bits per heavy atom. The van der Waals surface area contributed by atoms with E-state index in [2.05, 4.69) is 29.5 Å². The Morgan fingerprint density at radius 2 is 2.25 bits per heavy atom. The number of guanidine groups is 1. The Labute approximate surface area is 122 Å². The van der Waals surface area contributed by atoms with Crippen molar-refractivity contribution in [2.24, 2.45) is 10.9 Å². The quantitative estimate of drug-likeness (QED) is 0.524. The van der Waals surface area contributed by atoms with Crippen LogP contribution in [0.25, 0.3) is 0 Å². The van der Waals surface area contributed by atoms with Gasteiger partial charge in [0.15, 0.2) is 5.96 Å². The van der Waals surface area contributed by atoms with Crippen LogP contribution in [0.15, 0.2) is 4.99 Å². The molecule has 0 radical (unpaired) electrons. The van der Waals surface area contributed by atoms with E-state index in [0.717, 1.165) is 44.6 Å². The van der Waals surface area contributed by atoms with E-state index >= 15 is 0 Å². The molecule has 2 unspecified atom stereocenters. The van der Waals surface area contributed by atoms with Crippen molar-refractivity contribution in [3.63, 3.8) is 0 Å². The molecule has 1 aliphatic heterocycles. The van der Waals surface area contributed by atoms with E-state index in [0.29, 0.717) is 6.61 Å². The van der Waals surface area contributed by atoms with Crippen molar-refractivity contribution >= 4 is 5.96 Å². The number of hydrogen-bond acceptors (Lipinski definition) is 3. The van der Waals surface area contributed by atoms with Crippen LogP contribution in [0, 0.1) is 5.92 Å². The fourth-order valence-corrected chi connectivity index (χ4v) is 2.29. The Morgan fingerprint density at radius 3 is 2.90 bits per heavy atom. The van der Waals surface area contributed by atoms with Crippen LogP contribution in [0.1, 0.15) is 39.5 Å². The maximum absolute atomic E-state index is 5.83. The van der Waals surface area contributed by atoms with Crippen LogP contribution in [0.2, 0.25) is 0 Å². The van der Waals surface area contributed by atoms with Gasteiger partial charge < -0.3 is 20.1 Å². The standard InChI is InChI=1S/C15H29N3O2/c1-3-16-15(17-8-6-13-4-5-13)18-12(2)10-20-14-7-9-19-11-14/h12-14H,3-11H2,1-2H3,(H2,16,17,18). The first-order chi connectivity index (χ1) is 9.78. The summed E-state index contributed by atoms with van der Waals surface area (Å²) in [5.74, 6) is 1.84. The summed E-state index contributed by atoms with van der Waals surface area (Å²) in [7, 11) is 0. The molecule has 0 spiro atoms. The Kier molecular flexibility index (Phi) is 6.60. The highest BCUT2D eigenvalue weighted by molar-refractivity contribution is 5.80. The predicted molar refractivity (Wildman–Crippen MR) is 81.1 cm³/mol. The van der Waals surface area contributed by atoms with E-state index in [9.17, 15) is 0 Å². The van der Waals surface area contributed by atoms with Crippen molar-refractivity contribution in [1.82, 2.24) is 10.6 Å². The zero-order chi connectivity index (χ0) is 14.2. The first kappa shape index (κ1) is 15.6. The molecule has 0 aromatic rings. The minimum atomic E-state index is 0.259. The lowest BCUT2D eigenvalue weighted by molar-refractivity contribution is 0.0347. The maximum Gasteiger partial charge on any atom is 0.191 e. The smallest absolute Gasteiger partial charge is 0.191 e. The monoisotopic (exact) mass is 283 g/mol. The first-order valence-corrected chi connectivity index (χ1v) is 8.02. The van der Waals surface area contributed by atoms with Gasteiger partial charge >= 0.3 is 0 Å². The summed E-state index contributed by atoms with van der Waals surface area (Å²) in [5.41, 5.74) is 0. The summed E-state index contributed by atoms with van der Waals surface area (Å²) < 4.78 is 11.1. The van der Waals surface area contributed by atoms with E-state index in [4.69, 9.17) is 9.47 Å². The summed E-state index contributed by atoms with van der Waals surface area (Å²) in [6.45, 7) is 8.29. The number of rotatable bonds is 8. The van der Waals surface area contributed by atoms with Crippen molar-refractivity contribution in [1.29, 1.82) is 0 Å². The molecule has 0 amide bonds. The van der Waals surface area contributed by atoms with Crippen LogP contribution in [-0.2, 0) is 9.47 Å². The Hall–Kier alpha value is -0.810. The lowest BCUT2D eigenvalue weighted by Gasteiger charge is -2.19. The van der Waals surface area contributed by atoms with Gasteiger partial charge in [0, 0.05) is 25.7 Å². The van der Waals surface area contributed by atoms with Gasteiger partial charge in [0.05, 0.1) is 19.3 Å². The highest BCUT2D eigenvalue weighted by Crippen LogP contribution is 2.32. The van der Waals surface area contributed by atoms with Gasteiger partial charge in [0.2, 0.25) is 0 Å². The van der Waals surface area contributed by atoms with Crippen LogP contribution >= 0.6 is 0 Å². The lowest BCUT2D eigenvalue weighted by atomic mass is 10.3. The second kappa shape index (κ2) is 8.47. The minimum Gasteiger partial charge on any atom is -0.379 e. The first-order valence-electron chi connectivity index (χ1n) is 8.02. The fraction of sp³-hybridized carbons (Fsp3) is 0.933. The molecule has 1 saturated heterocycles. The van der Waals surface area contributed by atoms with E-state index < -0.39 is 0 Å². The molecule has 0 bridgehead atoms. The van der Waals surface area contributed by atoms with Crippen molar-refractivity contribution in [2.75, 3.05) is 32.9 Å². The molecule has 1 heterocycles. The van der Waals surface area contributed by atoms with Gasteiger partial charge in [-0.05, 0) is 32.6 Å². The van der Waals surface area contributed by atoms with Crippen molar-refractivity contribution in [3.8, 4) is 0 Å². The predicted octanol–water partition coefficient (Wildman–Crippen LogP) is 1.54. The molecule has 2 N–H and O–H groups in total. The van der Waals surface area contributed by atoms with Crippen molar-refractivity contribution in [3.05, 3.63) is 0 Å². The summed E-state index contributed by atoms with van der Waals surface area (Å²) in [4.78, 5) is 4.63. The number of ether oxygens (including phenoxy) is 2. The molecule has 0 aromatic carbocycles. The molecule has 1 aliphatic carbocycles. The highest BCUT2D eigenvalue weighted by Gasteiger charge is 2.20. The van der Waals surface area contributed by atoms with Crippen LogP contribution < -0.4 is 10.6 Å². The summed E-state index contributed by atoms with van der Waals surface area (Å²) in [5, 5.41) is 6.70. The summed E-state index contributed by atoms with van der Waals surface area (Å²) in [6, 6.07) is 0.259. The molecule has 2 rings (SSSR count). The maximum atomic E-state index is 5.83. The van der Waals surface area contributed by atoms with Gasteiger partial charge in [-0.15, -0.1) is 0 Å². The largest absolute Gasteiger partial charge is 0.379 e. The molecule has 5 nitrogen and oxygen atoms in total. The van der Waals surface area contributed by atoms with Gasteiger partial charge in [0.1, 0.15) is 0 Å². The summed E-state index contributed by atoms with van der Waals surface area (Å²) >= 11 is 0. The third-order valence-electron chi connectivity index (χ3n) is 3.70. The second-order valence-electron chi connectivity index (χ2n) is 5.86. The van der Waals surface area contributed by atoms with E-state index in [1.807, 2.05) is 0 Å². The average molecular weight is 283 g/mol. The molecule has 0 aromatic heterocycles. The van der Waals surface area contributed by atoms with Crippen LogP contribution in [0.5, 0.6) is 0 Å². The number of hydrogen-bond donors (Lipinski definition) is 2. The number of nitrogens with one attached hydrogen (secondary N) is 2. The van der Waals surface area contributed by atoms with E-state index in [-0.39, 0.29) is 12.1 Å². The normalized spacial score (nSPS) is 24.7. The molecule has 2 fully saturated rings. The number of aliphatic imine (C=N–C) groups is 1. The molecular formula is C15H29N3O2. The third kappa shape index (κ3) is 6.09. The van der Waals surface area contributed by atoms with Crippen molar-refractivity contribution in [2.45, 2.75) is 51.7 Å². The molecular weight excluding hydrogens is 254 g/mol. The topological polar surface area (TPSA) is 54.9 Å². The average Bonchev–Trinajstić information content (AvgIpc) is 3.10. The summed E-state index contributed by atoms with van der Waals surface area (Å²) in [6.07, 6.45) is 5.30. The Bertz CT molecular complexity index is 299. The SMILES string of the molecule is CCNC(=NCCC1CC1)NC(C)COC1CCOC1. The lowest BCUT2D eigenvalue weighted by Crippen LogP contribution is -2.44. The molecule has 2 aliphatic rings. The van der Waals surface area contributed by atoms with Crippen LogP contribution in [-0.4, -0.2) is 51.0 Å². The molecule has 5 heteroatoms. The third-order valence-corrected chi connectivity index (χ3v) is 3.70. The zero-order valence-corrected chi connectivity index (χ0v) is 12.9. The van der Waals surface area contributed by atoms with Gasteiger partial charge in [-0.3, -0.25) is 4.99 Å². The molecule has 20 heavy (non-hydrogen) atoms. The zero-order valence-electron chi connectivity index (χ0n) is 12.9. The molecule has 1 saturated carbocycles.